The van der Waals surface area contributed by atoms with Gasteiger partial charge in [0.25, 0.3) is 0 Å². The Hall–Kier alpha value is -1.22. The van der Waals surface area contributed by atoms with Crippen molar-refractivity contribution < 1.29 is 9.59 Å². The van der Waals surface area contributed by atoms with E-state index in [4.69, 9.17) is 0 Å². The van der Waals surface area contributed by atoms with Gasteiger partial charge in [0.1, 0.15) is 0 Å². The minimum atomic E-state index is -0.548. The number of likely N-dealkylation sites (N-methyl/N-ethyl adjacent to an activating group) is 2. The van der Waals surface area contributed by atoms with Crippen LogP contribution >= 0.6 is 0 Å². The molecule has 2 rings (SSSR count). The van der Waals surface area contributed by atoms with Crippen molar-refractivity contribution >= 4 is 11.8 Å². The number of nitrogens with one attached hydrogen (secondary N) is 2. The number of hydrogen-bond donors (Lipinski definition) is 2. The molecule has 2 amide bonds. The molecule has 2 aliphatic heterocycles. The van der Waals surface area contributed by atoms with Crippen molar-refractivity contribution in [2.75, 3.05) is 79.8 Å². The van der Waals surface area contributed by atoms with Gasteiger partial charge in [-0.1, -0.05) is 0 Å². The molecule has 2 aliphatic rings. The van der Waals surface area contributed by atoms with E-state index in [1.807, 2.05) is 0 Å². The molecule has 0 aromatic carbocycles. The van der Waals surface area contributed by atoms with Crippen molar-refractivity contribution in [3.63, 3.8) is 0 Å². The Bertz CT molecular complexity index is 340. The van der Waals surface area contributed by atoms with Crippen molar-refractivity contribution in [1.82, 2.24) is 30.2 Å². The minimum absolute atomic E-state index is 0.439. The van der Waals surface area contributed by atoms with Crippen LogP contribution in [0.5, 0.6) is 0 Å². The highest BCUT2D eigenvalue weighted by Crippen LogP contribution is 1.98. The lowest BCUT2D eigenvalue weighted by Gasteiger charge is -2.32. The van der Waals surface area contributed by atoms with E-state index in [9.17, 15) is 9.59 Å². The molecule has 2 saturated heterocycles. The SMILES string of the molecule is CN1CCN(CNC(=O)C(=O)NCN2CCN(C)CC2)CC1. The Morgan fingerprint density at radius 1 is 0.682 bits per heavy atom. The number of carbonyl (C=O) groups is 2. The molecule has 0 unspecified atom stereocenters. The smallest absolute Gasteiger partial charge is 0.310 e. The predicted octanol–water partition coefficient (Wildman–Crippen LogP) is -2.37. The van der Waals surface area contributed by atoms with Crippen LogP contribution in [0.4, 0.5) is 0 Å². The number of piperazine rings is 2. The highest BCUT2D eigenvalue weighted by atomic mass is 16.2. The number of nitrogens with zero attached hydrogens (tertiary/aromatic N) is 4. The maximum absolute atomic E-state index is 11.8. The molecule has 0 saturated carbocycles. The second-order valence-corrected chi connectivity index (χ2v) is 6.17. The molecule has 0 bridgehead atoms. The van der Waals surface area contributed by atoms with Crippen LogP contribution in [-0.2, 0) is 9.59 Å². The van der Waals surface area contributed by atoms with Gasteiger partial charge in [-0.3, -0.25) is 19.4 Å². The van der Waals surface area contributed by atoms with Gasteiger partial charge < -0.3 is 20.4 Å². The molecule has 2 fully saturated rings. The number of rotatable bonds is 4. The molecular weight excluding hydrogens is 284 g/mol. The van der Waals surface area contributed by atoms with Crippen LogP contribution in [0.3, 0.4) is 0 Å². The topological polar surface area (TPSA) is 71.2 Å². The van der Waals surface area contributed by atoms with Gasteiger partial charge in [-0.25, -0.2) is 0 Å². The lowest BCUT2D eigenvalue weighted by Crippen LogP contribution is -2.53. The normalized spacial score (nSPS) is 22.5. The van der Waals surface area contributed by atoms with Crippen molar-refractivity contribution in [1.29, 1.82) is 0 Å². The second kappa shape index (κ2) is 8.42. The summed E-state index contributed by atoms with van der Waals surface area (Å²) >= 11 is 0. The number of hydrogen-bond acceptors (Lipinski definition) is 6. The Kier molecular flexibility index (Phi) is 6.56. The Morgan fingerprint density at radius 3 is 1.32 bits per heavy atom. The molecule has 8 heteroatoms. The van der Waals surface area contributed by atoms with E-state index >= 15 is 0 Å². The maximum Gasteiger partial charge on any atom is 0.310 e. The molecule has 2 heterocycles. The summed E-state index contributed by atoms with van der Waals surface area (Å²) in [5.41, 5.74) is 0. The molecule has 0 radical (unpaired) electrons. The molecule has 0 aromatic heterocycles. The molecule has 0 spiro atoms. The van der Waals surface area contributed by atoms with Gasteiger partial charge in [-0.05, 0) is 14.1 Å². The van der Waals surface area contributed by atoms with E-state index in [1.165, 1.54) is 0 Å². The number of carbonyl (C=O) groups excluding carboxylic acids is 2. The molecule has 22 heavy (non-hydrogen) atoms. The van der Waals surface area contributed by atoms with Crippen molar-refractivity contribution in [2.45, 2.75) is 0 Å². The van der Waals surface area contributed by atoms with E-state index in [1.54, 1.807) is 0 Å². The fourth-order valence-electron chi connectivity index (χ4n) is 2.54. The predicted molar refractivity (Wildman–Crippen MR) is 84.2 cm³/mol. The molecule has 126 valence electrons. The fraction of sp³-hybridized carbons (Fsp3) is 0.857. The summed E-state index contributed by atoms with van der Waals surface area (Å²) in [7, 11) is 4.17. The lowest BCUT2D eigenvalue weighted by atomic mass is 10.3. The van der Waals surface area contributed by atoms with Gasteiger partial charge in [0.2, 0.25) is 0 Å². The highest BCUT2D eigenvalue weighted by Gasteiger charge is 2.19. The molecule has 2 N–H and O–H groups in total. The first-order chi connectivity index (χ1) is 10.5. The summed E-state index contributed by atoms with van der Waals surface area (Å²) < 4.78 is 0. The molecule has 0 aliphatic carbocycles. The van der Waals surface area contributed by atoms with Crippen LogP contribution in [0.25, 0.3) is 0 Å². The zero-order valence-electron chi connectivity index (χ0n) is 13.7. The molecule has 0 aromatic rings. The summed E-state index contributed by atoms with van der Waals surface area (Å²) in [6, 6.07) is 0. The Balaban J connectivity index is 1.59. The van der Waals surface area contributed by atoms with Crippen molar-refractivity contribution in [3.8, 4) is 0 Å². The zero-order chi connectivity index (χ0) is 15.9. The lowest BCUT2D eigenvalue weighted by molar-refractivity contribution is -0.140. The summed E-state index contributed by atoms with van der Waals surface area (Å²) in [4.78, 5) is 32.4. The molecule has 0 atom stereocenters. The van der Waals surface area contributed by atoms with Crippen molar-refractivity contribution in [3.05, 3.63) is 0 Å². The van der Waals surface area contributed by atoms with Crippen LogP contribution in [0.2, 0.25) is 0 Å². The van der Waals surface area contributed by atoms with E-state index < -0.39 is 11.8 Å². The van der Waals surface area contributed by atoms with Crippen LogP contribution in [0.1, 0.15) is 0 Å². The summed E-state index contributed by atoms with van der Waals surface area (Å²) in [6.45, 7) is 8.51. The summed E-state index contributed by atoms with van der Waals surface area (Å²) in [6.07, 6.45) is 0. The minimum Gasteiger partial charge on any atom is -0.335 e. The first kappa shape index (κ1) is 17.1. The van der Waals surface area contributed by atoms with Crippen LogP contribution in [0, 0.1) is 0 Å². The first-order valence-electron chi connectivity index (χ1n) is 7.92. The average Bonchev–Trinajstić information content (AvgIpc) is 2.53. The summed E-state index contributed by atoms with van der Waals surface area (Å²) in [5, 5.41) is 5.38. The third kappa shape index (κ3) is 5.53. The van der Waals surface area contributed by atoms with Crippen LogP contribution in [-0.4, -0.2) is 111 Å². The maximum atomic E-state index is 11.8. The monoisotopic (exact) mass is 312 g/mol. The number of amides is 2. The van der Waals surface area contributed by atoms with Gasteiger partial charge in [-0.2, -0.15) is 0 Å². The van der Waals surface area contributed by atoms with E-state index in [0.717, 1.165) is 52.4 Å². The van der Waals surface area contributed by atoms with E-state index in [0.29, 0.717) is 13.3 Å². The third-order valence-electron chi connectivity index (χ3n) is 4.32. The van der Waals surface area contributed by atoms with Gasteiger partial charge in [0.15, 0.2) is 0 Å². The first-order valence-corrected chi connectivity index (χ1v) is 7.92. The van der Waals surface area contributed by atoms with E-state index in [-0.39, 0.29) is 0 Å². The van der Waals surface area contributed by atoms with Crippen molar-refractivity contribution in [2.24, 2.45) is 0 Å². The standard InChI is InChI=1S/C14H28N6O2/c1-17-3-7-19(8-4-17)11-15-13(21)14(22)16-12-20-9-5-18(2)6-10-20/h3-12H2,1-2H3,(H,15,21)(H,16,22). The average molecular weight is 312 g/mol. The second-order valence-electron chi connectivity index (χ2n) is 6.17. The van der Waals surface area contributed by atoms with Gasteiger partial charge >= 0.3 is 11.8 Å². The fourth-order valence-corrected chi connectivity index (χ4v) is 2.54. The van der Waals surface area contributed by atoms with Crippen LogP contribution in [0.15, 0.2) is 0 Å². The molecular formula is C14H28N6O2. The molecule has 8 nitrogen and oxygen atoms in total. The highest BCUT2D eigenvalue weighted by molar-refractivity contribution is 6.35. The third-order valence-corrected chi connectivity index (χ3v) is 4.32. The largest absolute Gasteiger partial charge is 0.335 e. The van der Waals surface area contributed by atoms with Crippen LogP contribution < -0.4 is 10.6 Å². The van der Waals surface area contributed by atoms with Gasteiger partial charge in [0, 0.05) is 52.4 Å². The zero-order valence-corrected chi connectivity index (χ0v) is 13.7. The Labute approximate surface area is 132 Å². The van der Waals surface area contributed by atoms with E-state index in [2.05, 4.69) is 44.3 Å². The van der Waals surface area contributed by atoms with Gasteiger partial charge in [0.05, 0.1) is 13.3 Å². The summed E-state index contributed by atoms with van der Waals surface area (Å²) in [5.74, 6) is -1.10. The Morgan fingerprint density at radius 2 is 1.00 bits per heavy atom. The van der Waals surface area contributed by atoms with Gasteiger partial charge in [-0.15, -0.1) is 0 Å². The quantitative estimate of drug-likeness (QED) is 0.566.